The molecule has 3 aromatic rings. The predicted octanol–water partition coefficient (Wildman–Crippen LogP) is 5.52. The molecule has 0 bridgehead atoms. The molecule has 1 heterocycles. The number of hydrogen-bond acceptors (Lipinski definition) is 4. The molecule has 0 saturated carbocycles. The van der Waals surface area contributed by atoms with E-state index in [2.05, 4.69) is 69.3 Å². The van der Waals surface area contributed by atoms with Gasteiger partial charge in [-0.3, -0.25) is 0 Å². The Bertz CT molecular complexity index is 1230. The maximum absolute atomic E-state index is 13.6. The van der Waals surface area contributed by atoms with Crippen LogP contribution in [-0.2, 0) is 19.3 Å². The lowest BCUT2D eigenvalue weighted by atomic mass is 10.2. The van der Waals surface area contributed by atoms with Crippen LogP contribution in [0.5, 0.6) is 0 Å². The van der Waals surface area contributed by atoms with Crippen LogP contribution in [0.2, 0.25) is 11.1 Å². The van der Waals surface area contributed by atoms with Crippen molar-refractivity contribution in [1.82, 2.24) is 0 Å². The SMILES string of the molecule is CCOC1=C(S(=O)(=O)c2ccccc2)CC(C[Si](c2ccccc2)(c2ccccc2)C(C)(C)C)O1. The Morgan fingerprint density at radius 3 is 1.80 bits per heavy atom. The molecule has 1 aliphatic rings. The molecular formula is C29H34O4SSi. The molecule has 0 saturated heterocycles. The molecule has 0 radical (unpaired) electrons. The average Bonchev–Trinajstić information content (AvgIpc) is 3.27. The van der Waals surface area contributed by atoms with E-state index in [4.69, 9.17) is 9.47 Å². The molecule has 1 unspecified atom stereocenters. The number of benzene rings is 3. The van der Waals surface area contributed by atoms with Gasteiger partial charge in [0.1, 0.15) is 19.1 Å². The second kappa shape index (κ2) is 10.0. The number of sulfone groups is 1. The van der Waals surface area contributed by atoms with Crippen LogP contribution in [0.25, 0.3) is 0 Å². The molecule has 4 rings (SSSR count). The highest BCUT2D eigenvalue weighted by atomic mass is 32.2. The second-order valence-corrected chi connectivity index (χ2v) is 16.8. The van der Waals surface area contributed by atoms with Gasteiger partial charge in [0, 0.05) is 6.42 Å². The second-order valence-electron chi connectivity index (χ2n) is 10.00. The molecule has 0 N–H and O–H groups in total. The molecule has 0 aromatic heterocycles. The van der Waals surface area contributed by atoms with E-state index in [0.717, 1.165) is 6.04 Å². The van der Waals surface area contributed by atoms with Crippen LogP contribution in [0.3, 0.4) is 0 Å². The van der Waals surface area contributed by atoms with Gasteiger partial charge < -0.3 is 9.47 Å². The quantitative estimate of drug-likeness (QED) is 0.378. The molecule has 0 amide bonds. The maximum Gasteiger partial charge on any atom is 0.295 e. The van der Waals surface area contributed by atoms with Gasteiger partial charge >= 0.3 is 0 Å². The van der Waals surface area contributed by atoms with Gasteiger partial charge in [-0.1, -0.05) is 110 Å². The first-order valence-corrected chi connectivity index (χ1v) is 15.8. The monoisotopic (exact) mass is 506 g/mol. The van der Waals surface area contributed by atoms with Gasteiger partial charge in [0.15, 0.2) is 0 Å². The summed E-state index contributed by atoms with van der Waals surface area (Å²) in [5.74, 6) is 0.152. The Labute approximate surface area is 210 Å². The zero-order valence-corrected chi connectivity index (χ0v) is 22.7. The molecule has 3 aromatic carbocycles. The summed E-state index contributed by atoms with van der Waals surface area (Å²) in [6.45, 7) is 9.08. The summed E-state index contributed by atoms with van der Waals surface area (Å²) in [5.41, 5.74) is 0. The van der Waals surface area contributed by atoms with Crippen molar-refractivity contribution in [2.24, 2.45) is 0 Å². The molecule has 184 valence electrons. The standard InChI is InChI=1S/C29H34O4SSi/c1-5-32-28-27(34(30,31)24-15-9-6-10-16-24)21-23(33-28)22-35(29(2,3)4,25-17-11-7-12-18-25)26-19-13-8-14-20-26/h6-20,23H,5,21-22H2,1-4H3. The van der Waals surface area contributed by atoms with Crippen molar-refractivity contribution in [3.63, 3.8) is 0 Å². The molecule has 1 atom stereocenters. The summed E-state index contributed by atoms with van der Waals surface area (Å²) < 4.78 is 39.2. The average molecular weight is 507 g/mol. The number of hydrogen-bond donors (Lipinski definition) is 0. The maximum atomic E-state index is 13.6. The van der Waals surface area contributed by atoms with Gasteiger partial charge in [-0.15, -0.1) is 0 Å². The Hall–Kier alpha value is -2.83. The van der Waals surface area contributed by atoms with Crippen LogP contribution in [0.1, 0.15) is 34.1 Å². The van der Waals surface area contributed by atoms with E-state index in [-0.39, 0.29) is 26.9 Å². The van der Waals surface area contributed by atoms with E-state index in [1.165, 1.54) is 10.4 Å². The minimum Gasteiger partial charge on any atom is -0.465 e. The normalized spacial score (nSPS) is 16.7. The third-order valence-electron chi connectivity index (χ3n) is 6.92. The lowest BCUT2D eigenvalue weighted by Crippen LogP contribution is -2.65. The highest BCUT2D eigenvalue weighted by Gasteiger charge is 2.51. The number of ether oxygens (including phenoxy) is 2. The summed E-state index contributed by atoms with van der Waals surface area (Å²) in [6.07, 6.45) is 0.00758. The molecule has 6 heteroatoms. The van der Waals surface area contributed by atoms with Crippen molar-refractivity contribution in [2.45, 2.75) is 56.2 Å². The third kappa shape index (κ3) is 4.82. The van der Waals surface area contributed by atoms with Crippen LogP contribution in [0.15, 0.2) is 107 Å². The van der Waals surface area contributed by atoms with E-state index < -0.39 is 17.9 Å². The van der Waals surface area contributed by atoms with Gasteiger partial charge in [-0.25, -0.2) is 8.42 Å². The van der Waals surface area contributed by atoms with Crippen molar-refractivity contribution < 1.29 is 17.9 Å². The van der Waals surface area contributed by atoms with Crippen LogP contribution >= 0.6 is 0 Å². The molecular weight excluding hydrogens is 472 g/mol. The fourth-order valence-electron chi connectivity index (χ4n) is 5.23. The van der Waals surface area contributed by atoms with Gasteiger partial charge in [0.2, 0.25) is 9.84 Å². The van der Waals surface area contributed by atoms with Crippen LogP contribution in [-0.4, -0.2) is 29.2 Å². The molecule has 4 nitrogen and oxygen atoms in total. The first-order valence-electron chi connectivity index (χ1n) is 12.1. The summed E-state index contributed by atoms with van der Waals surface area (Å²) in [5, 5.41) is 2.59. The summed E-state index contributed by atoms with van der Waals surface area (Å²) in [4.78, 5) is 0.510. The van der Waals surface area contributed by atoms with E-state index in [0.29, 0.717) is 13.0 Å². The van der Waals surface area contributed by atoms with Gasteiger partial charge in [0.25, 0.3) is 5.95 Å². The van der Waals surface area contributed by atoms with E-state index in [1.54, 1.807) is 24.3 Å². The molecule has 1 aliphatic heterocycles. The Balaban J connectivity index is 1.78. The number of rotatable bonds is 8. The van der Waals surface area contributed by atoms with Crippen molar-refractivity contribution in [1.29, 1.82) is 0 Å². The van der Waals surface area contributed by atoms with Crippen molar-refractivity contribution in [3.05, 3.63) is 102 Å². The lowest BCUT2D eigenvalue weighted by Gasteiger charge is -2.45. The first-order chi connectivity index (χ1) is 16.7. The minimum absolute atomic E-state index is 0.0497. The first kappa shape index (κ1) is 25.3. The minimum atomic E-state index is -3.72. The smallest absolute Gasteiger partial charge is 0.295 e. The molecule has 0 fully saturated rings. The highest BCUT2D eigenvalue weighted by molar-refractivity contribution is 7.95. The van der Waals surface area contributed by atoms with Crippen molar-refractivity contribution >= 4 is 28.3 Å². The lowest BCUT2D eigenvalue weighted by molar-refractivity contribution is 0.0244. The fraction of sp³-hybridized carbons (Fsp3) is 0.310. The summed E-state index contributed by atoms with van der Waals surface area (Å²) >= 11 is 0. The Kier molecular flexibility index (Phi) is 7.24. The van der Waals surface area contributed by atoms with Crippen LogP contribution in [0, 0.1) is 0 Å². The van der Waals surface area contributed by atoms with Crippen molar-refractivity contribution in [2.75, 3.05) is 6.61 Å². The van der Waals surface area contributed by atoms with E-state index in [1.807, 2.05) is 25.1 Å². The topological polar surface area (TPSA) is 52.6 Å². The zero-order chi connectivity index (χ0) is 25.1. The van der Waals surface area contributed by atoms with Gasteiger partial charge in [-0.05, 0) is 30.1 Å². The van der Waals surface area contributed by atoms with Gasteiger partial charge in [0.05, 0.1) is 11.5 Å². The Morgan fingerprint density at radius 1 is 0.857 bits per heavy atom. The van der Waals surface area contributed by atoms with Crippen LogP contribution in [0.4, 0.5) is 0 Å². The summed E-state index contributed by atoms with van der Waals surface area (Å²) in [6, 6.07) is 30.6. The Morgan fingerprint density at radius 2 is 1.34 bits per heavy atom. The van der Waals surface area contributed by atoms with E-state index in [9.17, 15) is 8.42 Å². The highest BCUT2D eigenvalue weighted by Crippen LogP contribution is 2.43. The third-order valence-corrected chi connectivity index (χ3v) is 15.1. The molecule has 0 aliphatic carbocycles. The van der Waals surface area contributed by atoms with E-state index >= 15 is 0 Å². The van der Waals surface area contributed by atoms with Crippen molar-refractivity contribution in [3.8, 4) is 0 Å². The summed E-state index contributed by atoms with van der Waals surface area (Å²) in [7, 11) is -6.16. The fourth-order valence-corrected chi connectivity index (χ4v) is 12.3. The van der Waals surface area contributed by atoms with Gasteiger partial charge in [-0.2, -0.15) is 0 Å². The molecule has 0 spiro atoms. The predicted molar refractivity (Wildman–Crippen MR) is 144 cm³/mol. The molecule has 35 heavy (non-hydrogen) atoms. The van der Waals surface area contributed by atoms with Crippen LogP contribution < -0.4 is 10.4 Å². The largest absolute Gasteiger partial charge is 0.465 e. The zero-order valence-electron chi connectivity index (χ0n) is 20.9.